The molecule has 3 amide bonds. The highest BCUT2D eigenvalue weighted by molar-refractivity contribution is 5.97. The predicted octanol–water partition coefficient (Wildman–Crippen LogP) is 2.49. The summed E-state index contributed by atoms with van der Waals surface area (Å²) in [5, 5.41) is 5.77. The van der Waals surface area contributed by atoms with Crippen molar-refractivity contribution in [1.29, 1.82) is 0 Å². The number of hydrogen-bond donors (Lipinski definition) is 2. The third-order valence-corrected chi connectivity index (χ3v) is 4.90. The number of rotatable bonds is 7. The first-order chi connectivity index (χ1) is 13.3. The Morgan fingerprint density at radius 1 is 1.21 bits per heavy atom. The standard InChI is InChI=1S/C21H30FN3O3/c1-4-6-18(26)23-17-7-5-12-25(13-17)21(28)19(14(2)3)24-20(27)15-8-10-16(22)11-9-15/h8-11,14,17,19H,4-7,12-13H2,1-3H3,(H,23,26)(H,24,27). The summed E-state index contributed by atoms with van der Waals surface area (Å²) in [5.41, 5.74) is 0.309. The number of halogens is 1. The minimum Gasteiger partial charge on any atom is -0.352 e. The third kappa shape index (κ3) is 6.04. The van der Waals surface area contributed by atoms with Crippen LogP contribution in [0, 0.1) is 11.7 Å². The van der Waals surface area contributed by atoms with Gasteiger partial charge in [0.15, 0.2) is 0 Å². The highest BCUT2D eigenvalue weighted by atomic mass is 19.1. The second kappa shape index (κ2) is 10.2. The normalized spacial score (nSPS) is 17.9. The zero-order valence-corrected chi connectivity index (χ0v) is 16.8. The van der Waals surface area contributed by atoms with Gasteiger partial charge >= 0.3 is 0 Å². The molecule has 1 heterocycles. The first kappa shape index (κ1) is 21.9. The summed E-state index contributed by atoms with van der Waals surface area (Å²) in [6, 6.07) is 4.49. The lowest BCUT2D eigenvalue weighted by Crippen LogP contribution is -2.56. The minimum atomic E-state index is -0.678. The van der Waals surface area contributed by atoms with Crippen LogP contribution in [0.4, 0.5) is 4.39 Å². The van der Waals surface area contributed by atoms with Gasteiger partial charge in [-0.3, -0.25) is 14.4 Å². The van der Waals surface area contributed by atoms with Crippen molar-refractivity contribution >= 4 is 17.7 Å². The number of carbonyl (C=O) groups is 3. The van der Waals surface area contributed by atoms with Gasteiger partial charge in [-0.15, -0.1) is 0 Å². The maximum atomic E-state index is 13.1. The largest absolute Gasteiger partial charge is 0.352 e. The molecule has 1 aliphatic heterocycles. The number of hydrogen-bond acceptors (Lipinski definition) is 3. The molecule has 1 aromatic rings. The van der Waals surface area contributed by atoms with Crippen LogP contribution < -0.4 is 10.6 Å². The van der Waals surface area contributed by atoms with Crippen LogP contribution in [0.5, 0.6) is 0 Å². The van der Waals surface area contributed by atoms with Crippen LogP contribution in [0.1, 0.15) is 56.8 Å². The molecular formula is C21H30FN3O3. The van der Waals surface area contributed by atoms with E-state index in [0.29, 0.717) is 25.1 Å². The molecule has 1 saturated heterocycles. The average molecular weight is 391 g/mol. The number of benzene rings is 1. The van der Waals surface area contributed by atoms with E-state index in [4.69, 9.17) is 0 Å². The highest BCUT2D eigenvalue weighted by Gasteiger charge is 2.32. The Balaban J connectivity index is 2.02. The fourth-order valence-electron chi connectivity index (χ4n) is 3.36. The van der Waals surface area contributed by atoms with Crippen molar-refractivity contribution < 1.29 is 18.8 Å². The number of likely N-dealkylation sites (tertiary alicyclic amines) is 1. The molecule has 6 nitrogen and oxygen atoms in total. The van der Waals surface area contributed by atoms with E-state index in [0.717, 1.165) is 19.3 Å². The molecule has 0 radical (unpaired) electrons. The van der Waals surface area contributed by atoms with Crippen molar-refractivity contribution in [1.82, 2.24) is 15.5 Å². The van der Waals surface area contributed by atoms with Crippen molar-refractivity contribution in [3.05, 3.63) is 35.6 Å². The number of nitrogens with one attached hydrogen (secondary N) is 2. The summed E-state index contributed by atoms with van der Waals surface area (Å²) < 4.78 is 13.1. The maximum absolute atomic E-state index is 13.1. The Kier molecular flexibility index (Phi) is 7.96. The number of amides is 3. The van der Waals surface area contributed by atoms with E-state index in [9.17, 15) is 18.8 Å². The third-order valence-electron chi connectivity index (χ3n) is 4.90. The molecular weight excluding hydrogens is 361 g/mol. The summed E-state index contributed by atoms with van der Waals surface area (Å²) in [5.74, 6) is -1.08. The van der Waals surface area contributed by atoms with Crippen LogP contribution in [0.3, 0.4) is 0 Å². The second-order valence-corrected chi connectivity index (χ2v) is 7.64. The lowest BCUT2D eigenvalue weighted by Gasteiger charge is -2.36. The molecule has 1 fully saturated rings. The molecule has 0 aromatic heterocycles. The van der Waals surface area contributed by atoms with Gasteiger partial charge in [-0.1, -0.05) is 20.8 Å². The minimum absolute atomic E-state index is 0.00632. The van der Waals surface area contributed by atoms with E-state index in [1.54, 1.807) is 4.90 Å². The van der Waals surface area contributed by atoms with Crippen LogP contribution >= 0.6 is 0 Å². The molecule has 0 aliphatic carbocycles. The van der Waals surface area contributed by atoms with Crippen LogP contribution in [0.15, 0.2) is 24.3 Å². The molecule has 0 saturated carbocycles. The molecule has 0 bridgehead atoms. The van der Waals surface area contributed by atoms with Crippen LogP contribution in [0.2, 0.25) is 0 Å². The van der Waals surface area contributed by atoms with Gasteiger partial charge in [-0.2, -0.15) is 0 Å². The molecule has 2 rings (SSSR count). The van der Waals surface area contributed by atoms with E-state index in [-0.39, 0.29) is 23.8 Å². The van der Waals surface area contributed by atoms with E-state index in [1.165, 1.54) is 24.3 Å². The molecule has 154 valence electrons. The van der Waals surface area contributed by atoms with Crippen LogP contribution in [-0.2, 0) is 9.59 Å². The zero-order valence-electron chi connectivity index (χ0n) is 16.8. The zero-order chi connectivity index (χ0) is 20.7. The molecule has 7 heteroatoms. The number of carbonyl (C=O) groups excluding carboxylic acids is 3. The molecule has 1 aromatic carbocycles. The SMILES string of the molecule is CCCC(=O)NC1CCCN(C(=O)C(NC(=O)c2ccc(F)cc2)C(C)C)C1. The van der Waals surface area contributed by atoms with Gasteiger partial charge in [-0.05, 0) is 49.4 Å². The van der Waals surface area contributed by atoms with Crippen molar-refractivity contribution in [3.63, 3.8) is 0 Å². The maximum Gasteiger partial charge on any atom is 0.251 e. The quantitative estimate of drug-likeness (QED) is 0.750. The Bertz CT molecular complexity index is 691. The van der Waals surface area contributed by atoms with E-state index < -0.39 is 17.8 Å². The van der Waals surface area contributed by atoms with E-state index in [2.05, 4.69) is 10.6 Å². The van der Waals surface area contributed by atoms with Crippen molar-refractivity contribution in [2.45, 2.75) is 58.5 Å². The Labute approximate surface area is 165 Å². The summed E-state index contributed by atoms with van der Waals surface area (Å²) in [6.07, 6.45) is 2.91. The topological polar surface area (TPSA) is 78.5 Å². The molecule has 0 spiro atoms. The van der Waals surface area contributed by atoms with Gasteiger partial charge in [0.25, 0.3) is 5.91 Å². The van der Waals surface area contributed by atoms with Gasteiger partial charge in [-0.25, -0.2) is 4.39 Å². The van der Waals surface area contributed by atoms with Gasteiger partial charge in [0.2, 0.25) is 11.8 Å². The lowest BCUT2D eigenvalue weighted by atomic mass is 9.99. The summed E-state index contributed by atoms with van der Waals surface area (Å²) >= 11 is 0. The van der Waals surface area contributed by atoms with Gasteiger partial charge < -0.3 is 15.5 Å². The lowest BCUT2D eigenvalue weighted by molar-refractivity contribution is -0.136. The summed E-state index contributed by atoms with van der Waals surface area (Å²) in [4.78, 5) is 39.1. The van der Waals surface area contributed by atoms with E-state index in [1.807, 2.05) is 20.8 Å². The molecule has 2 unspecified atom stereocenters. The van der Waals surface area contributed by atoms with Gasteiger partial charge in [0.05, 0.1) is 0 Å². The Hall–Kier alpha value is -2.44. The average Bonchev–Trinajstić information content (AvgIpc) is 2.66. The van der Waals surface area contributed by atoms with Crippen LogP contribution in [-0.4, -0.2) is 47.8 Å². The number of piperidine rings is 1. The number of nitrogens with zero attached hydrogens (tertiary/aromatic N) is 1. The predicted molar refractivity (Wildman–Crippen MR) is 105 cm³/mol. The first-order valence-electron chi connectivity index (χ1n) is 9.96. The molecule has 2 atom stereocenters. The molecule has 1 aliphatic rings. The summed E-state index contributed by atoms with van der Waals surface area (Å²) in [6.45, 7) is 6.75. The monoisotopic (exact) mass is 391 g/mol. The highest BCUT2D eigenvalue weighted by Crippen LogP contribution is 2.15. The summed E-state index contributed by atoms with van der Waals surface area (Å²) in [7, 11) is 0. The van der Waals surface area contributed by atoms with Crippen molar-refractivity contribution in [3.8, 4) is 0 Å². The van der Waals surface area contributed by atoms with Gasteiger partial charge in [0.1, 0.15) is 11.9 Å². The fraction of sp³-hybridized carbons (Fsp3) is 0.571. The van der Waals surface area contributed by atoms with Crippen molar-refractivity contribution in [2.24, 2.45) is 5.92 Å². The Morgan fingerprint density at radius 2 is 1.89 bits per heavy atom. The second-order valence-electron chi connectivity index (χ2n) is 7.64. The smallest absolute Gasteiger partial charge is 0.251 e. The van der Waals surface area contributed by atoms with Crippen molar-refractivity contribution in [2.75, 3.05) is 13.1 Å². The molecule has 2 N–H and O–H groups in total. The van der Waals surface area contributed by atoms with Crippen LogP contribution in [0.25, 0.3) is 0 Å². The van der Waals surface area contributed by atoms with Gasteiger partial charge in [0, 0.05) is 31.1 Å². The fourth-order valence-corrected chi connectivity index (χ4v) is 3.36. The van der Waals surface area contributed by atoms with E-state index >= 15 is 0 Å². The Morgan fingerprint density at radius 3 is 2.50 bits per heavy atom. The molecule has 28 heavy (non-hydrogen) atoms. The first-order valence-corrected chi connectivity index (χ1v) is 9.96.